The lowest BCUT2D eigenvalue weighted by Gasteiger charge is -2.23. The van der Waals surface area contributed by atoms with Gasteiger partial charge < -0.3 is 25.4 Å². The Morgan fingerprint density at radius 3 is 2.63 bits per heavy atom. The molecule has 0 aliphatic carbocycles. The van der Waals surface area contributed by atoms with E-state index in [2.05, 4.69) is 79.9 Å². The predicted octanol–water partition coefficient (Wildman–Crippen LogP) is 8.38. The van der Waals surface area contributed by atoms with Gasteiger partial charge in [-0.25, -0.2) is 10.0 Å². The van der Waals surface area contributed by atoms with Crippen LogP contribution < -0.4 is 25.4 Å². The molecular weight excluding hydrogens is 593 g/mol. The summed E-state index contributed by atoms with van der Waals surface area (Å²) in [6, 6.07) is 10.3. The molecule has 2 aliphatic heterocycles. The third-order valence-corrected chi connectivity index (χ3v) is 8.71. The van der Waals surface area contributed by atoms with E-state index in [1.54, 1.807) is 13.3 Å². The van der Waals surface area contributed by atoms with Crippen LogP contribution in [0.5, 0.6) is 11.5 Å². The van der Waals surface area contributed by atoms with Gasteiger partial charge in [-0.2, -0.15) is 16.9 Å². The summed E-state index contributed by atoms with van der Waals surface area (Å²) in [6.45, 7) is 15.3. The van der Waals surface area contributed by atoms with Crippen molar-refractivity contribution in [3.8, 4) is 11.5 Å². The Bertz CT molecular complexity index is 1520. The van der Waals surface area contributed by atoms with Gasteiger partial charge in [-0.3, -0.25) is 0 Å². The van der Waals surface area contributed by atoms with Gasteiger partial charge in [-0.15, -0.1) is 0 Å². The first-order chi connectivity index (χ1) is 22.4. The average molecular weight is 643 g/mol. The van der Waals surface area contributed by atoms with E-state index in [9.17, 15) is 0 Å². The van der Waals surface area contributed by atoms with Gasteiger partial charge in [-0.05, 0) is 93.6 Å². The maximum atomic E-state index is 6.37. The van der Waals surface area contributed by atoms with Crippen LogP contribution in [0.2, 0.25) is 0 Å². The summed E-state index contributed by atoms with van der Waals surface area (Å²) in [5.41, 5.74) is 7.23. The molecule has 2 aromatic carbocycles. The van der Waals surface area contributed by atoms with Crippen LogP contribution in [0, 0.1) is 13.8 Å². The number of hydrazone groups is 1. The smallest absolute Gasteiger partial charge is 0.142 e. The second kappa shape index (κ2) is 17.7. The maximum absolute atomic E-state index is 6.37. The average Bonchev–Trinajstić information content (AvgIpc) is 3.89. The Morgan fingerprint density at radius 1 is 1.11 bits per heavy atom. The molecule has 2 heterocycles. The summed E-state index contributed by atoms with van der Waals surface area (Å²) in [5.74, 6) is 4.43. The molecule has 2 aliphatic rings. The summed E-state index contributed by atoms with van der Waals surface area (Å²) in [7, 11) is 1.71. The zero-order valence-electron chi connectivity index (χ0n) is 28.4. The lowest BCUT2D eigenvalue weighted by atomic mass is 10.0. The molecule has 0 aromatic heterocycles. The molecule has 8 nitrogen and oxygen atoms in total. The molecule has 1 atom stereocenters. The summed E-state index contributed by atoms with van der Waals surface area (Å²) in [4.78, 5) is 4.89. The highest BCUT2D eigenvalue weighted by atomic mass is 32.2. The number of nitrogens with zero attached hydrogens (tertiary/aromatic N) is 3. The highest BCUT2D eigenvalue weighted by Gasteiger charge is 2.21. The molecular formula is C37H50N6O2S. The van der Waals surface area contributed by atoms with Gasteiger partial charge in [0.2, 0.25) is 0 Å². The minimum Gasteiger partial charge on any atom is -0.495 e. The van der Waals surface area contributed by atoms with E-state index in [-0.39, 0.29) is 0 Å². The van der Waals surface area contributed by atoms with E-state index in [1.165, 1.54) is 11.3 Å². The van der Waals surface area contributed by atoms with Crippen molar-refractivity contribution in [2.45, 2.75) is 66.1 Å². The summed E-state index contributed by atoms with van der Waals surface area (Å²) in [5, 5.41) is 17.8. The molecule has 3 N–H and O–H groups in total. The minimum atomic E-state index is 0.770. The number of thioether (sulfide) groups is 1. The SMILES string of the molecule is C/C=N\N1C=CC(Oc2ccc(NC(=N/C=C/CCC)c3cc(NCCNCC4CS4)c(OC)cc3C)cc2C)=CC1=C(C)CC. The van der Waals surface area contributed by atoms with Crippen LogP contribution in [-0.4, -0.2) is 54.8 Å². The van der Waals surface area contributed by atoms with Gasteiger partial charge in [0.25, 0.3) is 0 Å². The van der Waals surface area contributed by atoms with Crippen molar-refractivity contribution in [2.75, 3.05) is 43.1 Å². The molecule has 4 rings (SSSR count). The highest BCUT2D eigenvalue weighted by molar-refractivity contribution is 8.06. The van der Waals surface area contributed by atoms with Crippen molar-refractivity contribution < 1.29 is 9.47 Å². The molecule has 1 unspecified atom stereocenters. The van der Waals surface area contributed by atoms with Crippen LogP contribution in [-0.2, 0) is 0 Å². The zero-order valence-corrected chi connectivity index (χ0v) is 29.3. The normalized spacial score (nSPS) is 17.5. The van der Waals surface area contributed by atoms with E-state index < -0.39 is 0 Å². The third kappa shape index (κ3) is 10.0. The molecule has 9 heteroatoms. The van der Waals surface area contributed by atoms with E-state index in [1.807, 2.05) is 60.4 Å². The van der Waals surface area contributed by atoms with Gasteiger partial charge in [0.05, 0.1) is 18.5 Å². The number of amidine groups is 1. The van der Waals surface area contributed by atoms with Gasteiger partial charge in [-0.1, -0.05) is 26.3 Å². The molecule has 2 aromatic rings. The number of aliphatic imine (C=N–C) groups is 1. The standard InChI is InChI=1S/C37H50N6O2S/c1-8-11-12-16-40-37(32-23-33(36(44-7)21-27(32)5)39-18-17-38-24-31-25-46-31)42-29-13-14-35(28(6)20-29)45-30-15-19-43(41-10-3)34(22-30)26(4)9-2/h10,12-16,19-23,31,38-39H,8-9,11,17-18,24-25H2,1-7H3,(H,40,42)/b16-12+,34-26?,41-10-. The Balaban J connectivity index is 1.55. The van der Waals surface area contributed by atoms with Crippen LogP contribution in [0.3, 0.4) is 0 Å². The van der Waals surface area contributed by atoms with Crippen LogP contribution in [0.25, 0.3) is 0 Å². The quantitative estimate of drug-likeness (QED) is 0.0734. The van der Waals surface area contributed by atoms with Crippen LogP contribution in [0.1, 0.15) is 63.6 Å². The molecule has 1 fully saturated rings. The first-order valence-corrected chi connectivity index (χ1v) is 17.3. The lowest BCUT2D eigenvalue weighted by Crippen LogP contribution is -2.25. The number of benzene rings is 2. The Morgan fingerprint density at radius 2 is 1.93 bits per heavy atom. The number of nitrogens with one attached hydrogen (secondary N) is 3. The van der Waals surface area contributed by atoms with Gasteiger partial charge in [0.15, 0.2) is 0 Å². The third-order valence-electron chi connectivity index (χ3n) is 7.74. The number of aryl methyl sites for hydroxylation is 2. The van der Waals surface area contributed by atoms with Gasteiger partial charge in [0, 0.05) is 66.6 Å². The van der Waals surface area contributed by atoms with E-state index in [4.69, 9.17) is 14.5 Å². The monoisotopic (exact) mass is 642 g/mol. The van der Waals surface area contributed by atoms with Crippen molar-refractivity contribution in [1.82, 2.24) is 10.3 Å². The fourth-order valence-electron chi connectivity index (χ4n) is 4.88. The van der Waals surface area contributed by atoms with Crippen molar-refractivity contribution in [3.63, 3.8) is 0 Å². The Hall–Kier alpha value is -3.95. The topological polar surface area (TPSA) is 82.5 Å². The van der Waals surface area contributed by atoms with E-state index in [0.29, 0.717) is 0 Å². The lowest BCUT2D eigenvalue weighted by molar-refractivity contribution is 0.416. The number of hydrogen-bond acceptors (Lipinski definition) is 8. The van der Waals surface area contributed by atoms with Crippen molar-refractivity contribution in [1.29, 1.82) is 0 Å². The van der Waals surface area contributed by atoms with Gasteiger partial charge in [0.1, 0.15) is 23.1 Å². The summed E-state index contributed by atoms with van der Waals surface area (Å²) < 4.78 is 12.1. The first-order valence-electron chi connectivity index (χ1n) is 16.3. The fourth-order valence-corrected chi connectivity index (χ4v) is 5.37. The number of anilines is 2. The number of hydrogen-bond donors (Lipinski definition) is 3. The van der Waals surface area contributed by atoms with Crippen LogP contribution in [0.15, 0.2) is 88.1 Å². The van der Waals surface area contributed by atoms with E-state index in [0.717, 1.165) is 101 Å². The van der Waals surface area contributed by atoms with E-state index >= 15 is 0 Å². The number of unbranched alkanes of at least 4 members (excludes halogenated alkanes) is 1. The molecule has 46 heavy (non-hydrogen) atoms. The predicted molar refractivity (Wildman–Crippen MR) is 198 cm³/mol. The summed E-state index contributed by atoms with van der Waals surface area (Å²) in [6.07, 6.45) is 14.7. The minimum absolute atomic E-state index is 0.770. The van der Waals surface area contributed by atoms with Crippen molar-refractivity contribution in [2.24, 2.45) is 10.1 Å². The number of ether oxygens (including phenoxy) is 2. The maximum Gasteiger partial charge on any atom is 0.142 e. The molecule has 0 saturated carbocycles. The molecule has 1 saturated heterocycles. The largest absolute Gasteiger partial charge is 0.495 e. The highest BCUT2D eigenvalue weighted by Crippen LogP contribution is 2.31. The van der Waals surface area contributed by atoms with Crippen LogP contribution in [0.4, 0.5) is 11.4 Å². The zero-order chi connectivity index (χ0) is 32.9. The Kier molecular flexibility index (Phi) is 13.4. The molecule has 0 bridgehead atoms. The number of rotatable bonds is 16. The molecule has 0 amide bonds. The van der Waals surface area contributed by atoms with Gasteiger partial charge >= 0.3 is 0 Å². The number of allylic oxidation sites excluding steroid dienone is 4. The first kappa shape index (κ1) is 34.9. The Labute approximate surface area is 279 Å². The van der Waals surface area contributed by atoms with Crippen molar-refractivity contribution >= 4 is 35.2 Å². The number of methoxy groups -OCH3 is 1. The summed E-state index contributed by atoms with van der Waals surface area (Å²) >= 11 is 2.01. The molecule has 0 spiro atoms. The second-order valence-electron chi connectivity index (χ2n) is 11.4. The van der Waals surface area contributed by atoms with Crippen LogP contribution >= 0.6 is 11.8 Å². The fraction of sp³-hybridized carbons (Fsp3) is 0.405. The molecule has 246 valence electrons. The second-order valence-corrected chi connectivity index (χ2v) is 12.7. The molecule has 0 radical (unpaired) electrons. The van der Waals surface area contributed by atoms with Crippen molar-refractivity contribution in [3.05, 3.63) is 94.7 Å².